The fourth-order valence-corrected chi connectivity index (χ4v) is 4.03. The van der Waals surface area contributed by atoms with Gasteiger partial charge in [-0.1, -0.05) is 48.5 Å². The largest absolute Gasteiger partial charge is 0.361 e. The topological polar surface area (TPSA) is 84.2 Å². The average molecular weight is 461 g/mol. The van der Waals surface area contributed by atoms with E-state index >= 15 is 0 Å². The molecule has 2 aromatic carbocycles. The number of amides is 1. The number of pyridine rings is 1. The summed E-state index contributed by atoms with van der Waals surface area (Å²) < 4.78 is 2.05. The zero-order valence-corrected chi connectivity index (χ0v) is 19.1. The summed E-state index contributed by atoms with van der Waals surface area (Å²) in [5, 5.41) is 6.45. The van der Waals surface area contributed by atoms with Gasteiger partial charge < -0.3 is 10.6 Å². The molecule has 0 unspecified atom stereocenters. The third-order valence-electron chi connectivity index (χ3n) is 6.08. The Kier molecular flexibility index (Phi) is 5.42. The SMILES string of the molecule is O=C(NC1CC1)c1ccc(-c2cnc3c(NCc4ccccn4)nc(-c4ccccc4)cn23)cc1. The summed E-state index contributed by atoms with van der Waals surface area (Å²) in [7, 11) is 0. The molecule has 1 fully saturated rings. The number of imidazole rings is 1. The number of benzene rings is 2. The first kappa shape index (κ1) is 21.0. The number of rotatable bonds is 7. The van der Waals surface area contributed by atoms with Gasteiger partial charge in [-0.05, 0) is 37.1 Å². The number of fused-ring (bicyclic) bond motifs is 1. The zero-order chi connectivity index (χ0) is 23.6. The third kappa shape index (κ3) is 4.48. The Morgan fingerprint density at radius 3 is 2.46 bits per heavy atom. The van der Waals surface area contributed by atoms with Crippen molar-refractivity contribution in [3.8, 4) is 22.5 Å². The lowest BCUT2D eigenvalue weighted by Gasteiger charge is -2.11. The second kappa shape index (κ2) is 9.02. The summed E-state index contributed by atoms with van der Waals surface area (Å²) in [5.74, 6) is 0.664. The Bertz CT molecular complexity index is 1480. The molecule has 2 N–H and O–H groups in total. The molecule has 7 heteroatoms. The second-order valence-corrected chi connectivity index (χ2v) is 8.68. The molecule has 0 bridgehead atoms. The van der Waals surface area contributed by atoms with Crippen molar-refractivity contribution in [3.63, 3.8) is 0 Å². The van der Waals surface area contributed by atoms with Gasteiger partial charge in [0, 0.05) is 35.1 Å². The standard InChI is InChI=1S/C28H24N6O/c35-28(32-22-13-14-22)21-11-9-20(10-12-21)25-17-31-27-26(30-16-23-8-4-5-15-29-23)33-24(18-34(25)27)19-6-2-1-3-7-19/h1-12,15,17-18,22H,13-14,16H2,(H,30,33)(H,32,35). The van der Waals surface area contributed by atoms with Gasteiger partial charge >= 0.3 is 0 Å². The van der Waals surface area contributed by atoms with Crippen molar-refractivity contribution in [2.45, 2.75) is 25.4 Å². The third-order valence-corrected chi connectivity index (χ3v) is 6.08. The van der Waals surface area contributed by atoms with E-state index in [9.17, 15) is 4.79 Å². The highest BCUT2D eigenvalue weighted by molar-refractivity contribution is 5.95. The number of aromatic nitrogens is 4. The molecule has 0 aliphatic heterocycles. The molecule has 0 saturated heterocycles. The van der Waals surface area contributed by atoms with Gasteiger partial charge in [0.25, 0.3) is 5.91 Å². The Morgan fingerprint density at radius 2 is 1.71 bits per heavy atom. The maximum Gasteiger partial charge on any atom is 0.251 e. The number of hydrogen-bond donors (Lipinski definition) is 2. The lowest BCUT2D eigenvalue weighted by Crippen LogP contribution is -2.25. The van der Waals surface area contributed by atoms with E-state index < -0.39 is 0 Å². The molecule has 1 aliphatic carbocycles. The van der Waals surface area contributed by atoms with E-state index in [2.05, 4.69) is 25.0 Å². The van der Waals surface area contributed by atoms with Crippen molar-refractivity contribution in [1.82, 2.24) is 24.7 Å². The van der Waals surface area contributed by atoms with Crippen LogP contribution in [-0.4, -0.2) is 31.3 Å². The molecule has 1 amide bonds. The van der Waals surface area contributed by atoms with Gasteiger partial charge in [0.05, 0.1) is 29.8 Å². The smallest absolute Gasteiger partial charge is 0.251 e. The summed E-state index contributed by atoms with van der Waals surface area (Å²) >= 11 is 0. The van der Waals surface area contributed by atoms with Gasteiger partial charge in [-0.2, -0.15) is 0 Å². The van der Waals surface area contributed by atoms with Crippen LogP contribution in [0.15, 0.2) is 91.4 Å². The van der Waals surface area contributed by atoms with Gasteiger partial charge in [-0.3, -0.25) is 14.2 Å². The van der Waals surface area contributed by atoms with Crippen molar-refractivity contribution in [2.75, 3.05) is 5.32 Å². The normalized spacial score (nSPS) is 13.0. The van der Waals surface area contributed by atoms with E-state index in [0.717, 1.165) is 46.7 Å². The van der Waals surface area contributed by atoms with Crippen molar-refractivity contribution >= 4 is 17.4 Å². The van der Waals surface area contributed by atoms with Crippen LogP contribution < -0.4 is 10.6 Å². The molecule has 1 aliphatic rings. The Hall–Kier alpha value is -4.52. The van der Waals surface area contributed by atoms with Gasteiger partial charge in [0.15, 0.2) is 11.5 Å². The number of nitrogens with one attached hydrogen (secondary N) is 2. The molecule has 0 atom stereocenters. The average Bonchev–Trinajstić information content (AvgIpc) is 3.63. The van der Waals surface area contributed by atoms with E-state index in [1.54, 1.807) is 6.20 Å². The maximum atomic E-state index is 12.4. The van der Waals surface area contributed by atoms with Crippen molar-refractivity contribution in [3.05, 3.63) is 103 Å². The lowest BCUT2D eigenvalue weighted by atomic mass is 10.1. The van der Waals surface area contributed by atoms with Crippen molar-refractivity contribution in [2.24, 2.45) is 0 Å². The van der Waals surface area contributed by atoms with Gasteiger partial charge in [0.1, 0.15) is 0 Å². The van der Waals surface area contributed by atoms with Gasteiger partial charge in [0.2, 0.25) is 0 Å². The van der Waals surface area contributed by atoms with E-state index in [0.29, 0.717) is 24.0 Å². The van der Waals surface area contributed by atoms with Crippen LogP contribution in [0.1, 0.15) is 28.9 Å². The first-order chi connectivity index (χ1) is 17.2. The minimum atomic E-state index is -0.0197. The highest BCUT2D eigenvalue weighted by Crippen LogP contribution is 2.28. The second-order valence-electron chi connectivity index (χ2n) is 8.68. The number of hydrogen-bond acceptors (Lipinski definition) is 5. The molecule has 7 nitrogen and oxygen atoms in total. The minimum absolute atomic E-state index is 0.0197. The van der Waals surface area contributed by atoms with Crippen molar-refractivity contribution < 1.29 is 4.79 Å². The van der Waals surface area contributed by atoms with E-state index in [1.807, 2.05) is 85.2 Å². The van der Waals surface area contributed by atoms with Crippen LogP contribution in [0.5, 0.6) is 0 Å². The van der Waals surface area contributed by atoms with Crippen LogP contribution in [0.2, 0.25) is 0 Å². The predicted octanol–water partition coefficient (Wildman–Crippen LogP) is 4.96. The van der Waals surface area contributed by atoms with Gasteiger partial charge in [-0.25, -0.2) is 9.97 Å². The first-order valence-electron chi connectivity index (χ1n) is 11.7. The van der Waals surface area contributed by atoms with Crippen molar-refractivity contribution in [1.29, 1.82) is 0 Å². The fourth-order valence-electron chi connectivity index (χ4n) is 4.03. The Labute approximate surface area is 202 Å². The van der Waals surface area contributed by atoms with Crippen LogP contribution in [-0.2, 0) is 6.54 Å². The monoisotopic (exact) mass is 460 g/mol. The maximum absolute atomic E-state index is 12.4. The van der Waals surface area contributed by atoms with E-state index in [4.69, 9.17) is 4.98 Å². The van der Waals surface area contributed by atoms with Crippen LogP contribution >= 0.6 is 0 Å². The molecular formula is C28H24N6O. The lowest BCUT2D eigenvalue weighted by molar-refractivity contribution is 0.0951. The molecule has 5 aromatic rings. The Balaban J connectivity index is 1.38. The number of nitrogens with zero attached hydrogens (tertiary/aromatic N) is 4. The van der Waals surface area contributed by atoms with Crippen LogP contribution in [0, 0.1) is 0 Å². The molecule has 3 aromatic heterocycles. The molecule has 0 radical (unpaired) electrons. The molecule has 35 heavy (non-hydrogen) atoms. The predicted molar refractivity (Wildman–Crippen MR) is 136 cm³/mol. The molecule has 172 valence electrons. The highest BCUT2D eigenvalue weighted by Gasteiger charge is 2.23. The quantitative estimate of drug-likeness (QED) is 0.359. The zero-order valence-electron chi connectivity index (χ0n) is 19.1. The number of carbonyl (C=O) groups excluding carboxylic acids is 1. The summed E-state index contributed by atoms with van der Waals surface area (Å²) in [6.07, 6.45) is 7.77. The highest BCUT2D eigenvalue weighted by atomic mass is 16.1. The molecule has 3 heterocycles. The van der Waals surface area contributed by atoms with E-state index in [-0.39, 0.29) is 5.91 Å². The summed E-state index contributed by atoms with van der Waals surface area (Å²) in [6.45, 7) is 0.536. The summed E-state index contributed by atoms with van der Waals surface area (Å²) in [5.41, 5.74) is 6.06. The summed E-state index contributed by atoms with van der Waals surface area (Å²) in [4.78, 5) is 26.4. The fraction of sp³-hybridized carbons (Fsp3) is 0.143. The number of anilines is 1. The summed E-state index contributed by atoms with van der Waals surface area (Å²) in [6, 6.07) is 23.9. The van der Waals surface area contributed by atoms with Gasteiger partial charge in [-0.15, -0.1) is 0 Å². The first-order valence-corrected chi connectivity index (χ1v) is 11.7. The molecule has 1 saturated carbocycles. The minimum Gasteiger partial charge on any atom is -0.361 e. The Morgan fingerprint density at radius 1 is 0.914 bits per heavy atom. The molecule has 0 spiro atoms. The number of carbonyl (C=O) groups is 1. The molecular weight excluding hydrogens is 436 g/mol. The molecule has 6 rings (SSSR count). The van der Waals surface area contributed by atoms with Crippen LogP contribution in [0.4, 0.5) is 5.82 Å². The van der Waals surface area contributed by atoms with E-state index in [1.165, 1.54) is 0 Å². The van der Waals surface area contributed by atoms with Crippen LogP contribution in [0.3, 0.4) is 0 Å². The van der Waals surface area contributed by atoms with Crippen LogP contribution in [0.25, 0.3) is 28.2 Å².